The van der Waals surface area contributed by atoms with Gasteiger partial charge in [0.25, 0.3) is 0 Å². The van der Waals surface area contributed by atoms with Crippen molar-refractivity contribution >= 4 is 23.5 Å². The standard InChI is InChI=1S/C28H46N4O5/c1-7-8-13-31-26(35)18(2)14-23(33)21(29)16-28(3,4)17-24(34)32-22-12-10-9-11-19(22)15-20(25(32)30-5)27(36)37-6/h9-12,18,20-21,23,25,30,33H,7-8,13-17,29H2,1-6H3,(H,31,35)/t18-,20?,21+,23+,25?/m1/s1. The van der Waals surface area contributed by atoms with E-state index in [4.69, 9.17) is 10.5 Å². The van der Waals surface area contributed by atoms with E-state index in [0.717, 1.165) is 24.1 Å². The van der Waals surface area contributed by atoms with Crippen LogP contribution in [0.15, 0.2) is 24.3 Å². The van der Waals surface area contributed by atoms with Gasteiger partial charge in [-0.2, -0.15) is 0 Å². The minimum Gasteiger partial charge on any atom is -0.469 e. The number of carbonyl (C=O) groups excluding carboxylic acids is 3. The number of ether oxygens (including phenoxy) is 1. The number of benzene rings is 1. The number of hydrogen-bond donors (Lipinski definition) is 4. The third-order valence-electron chi connectivity index (χ3n) is 7.20. The number of unbranched alkanes of at least 4 members (excludes halogenated alkanes) is 1. The number of nitrogens with zero attached hydrogens (tertiary/aromatic N) is 1. The van der Waals surface area contributed by atoms with E-state index in [9.17, 15) is 19.5 Å². The van der Waals surface area contributed by atoms with Gasteiger partial charge in [0.2, 0.25) is 11.8 Å². The second kappa shape index (κ2) is 13.9. The Kier molecular flexibility index (Phi) is 11.5. The minimum absolute atomic E-state index is 0.0869. The summed E-state index contributed by atoms with van der Waals surface area (Å²) in [4.78, 5) is 40.2. The molecule has 0 saturated carbocycles. The molecule has 2 rings (SSSR count). The highest BCUT2D eigenvalue weighted by atomic mass is 16.5. The summed E-state index contributed by atoms with van der Waals surface area (Å²) in [5.74, 6) is -1.50. The summed E-state index contributed by atoms with van der Waals surface area (Å²) in [6, 6.07) is 6.99. The summed E-state index contributed by atoms with van der Waals surface area (Å²) < 4.78 is 5.03. The maximum absolute atomic E-state index is 13.7. The van der Waals surface area contributed by atoms with Crippen molar-refractivity contribution < 1.29 is 24.2 Å². The van der Waals surface area contributed by atoms with Gasteiger partial charge in [-0.05, 0) is 49.8 Å². The lowest BCUT2D eigenvalue weighted by Crippen LogP contribution is -2.58. The van der Waals surface area contributed by atoms with Crippen LogP contribution in [0.1, 0.15) is 65.4 Å². The van der Waals surface area contributed by atoms with Crippen LogP contribution >= 0.6 is 0 Å². The van der Waals surface area contributed by atoms with Crippen LogP contribution < -0.4 is 21.3 Å². The van der Waals surface area contributed by atoms with E-state index in [2.05, 4.69) is 17.6 Å². The van der Waals surface area contributed by atoms with Crippen LogP contribution in [0.4, 0.5) is 5.69 Å². The lowest BCUT2D eigenvalue weighted by Gasteiger charge is -2.42. The molecular formula is C28H46N4O5. The zero-order valence-electron chi connectivity index (χ0n) is 23.3. The topological polar surface area (TPSA) is 134 Å². The van der Waals surface area contributed by atoms with Crippen LogP contribution in [0.3, 0.4) is 0 Å². The van der Waals surface area contributed by atoms with Gasteiger partial charge in [0, 0.05) is 30.6 Å². The van der Waals surface area contributed by atoms with E-state index in [1.807, 2.05) is 38.1 Å². The van der Waals surface area contributed by atoms with E-state index >= 15 is 0 Å². The molecule has 2 amide bonds. The second-order valence-electron chi connectivity index (χ2n) is 11.0. The summed E-state index contributed by atoms with van der Waals surface area (Å²) in [7, 11) is 3.08. The first-order valence-corrected chi connectivity index (χ1v) is 13.3. The molecule has 9 heteroatoms. The van der Waals surface area contributed by atoms with Crippen molar-refractivity contribution in [2.24, 2.45) is 23.0 Å². The lowest BCUT2D eigenvalue weighted by atomic mass is 9.79. The molecule has 1 aromatic rings. The largest absolute Gasteiger partial charge is 0.469 e. The van der Waals surface area contributed by atoms with E-state index in [1.165, 1.54) is 7.11 Å². The van der Waals surface area contributed by atoms with Crippen molar-refractivity contribution in [1.82, 2.24) is 10.6 Å². The molecule has 1 heterocycles. The Balaban J connectivity index is 2.10. The molecule has 5 atom stereocenters. The van der Waals surface area contributed by atoms with Gasteiger partial charge < -0.3 is 20.9 Å². The van der Waals surface area contributed by atoms with Crippen LogP contribution in [-0.4, -0.2) is 61.9 Å². The Morgan fingerprint density at radius 2 is 1.95 bits per heavy atom. The van der Waals surface area contributed by atoms with Gasteiger partial charge in [0.1, 0.15) is 6.17 Å². The summed E-state index contributed by atoms with van der Waals surface area (Å²) in [6.07, 6.45) is 1.79. The molecule has 1 aliphatic heterocycles. The van der Waals surface area contributed by atoms with E-state index in [0.29, 0.717) is 19.4 Å². The molecule has 0 radical (unpaired) electrons. The molecule has 9 nitrogen and oxygen atoms in total. The molecule has 0 spiro atoms. The highest BCUT2D eigenvalue weighted by molar-refractivity contribution is 5.97. The number of fused-ring (bicyclic) bond motifs is 1. The van der Waals surface area contributed by atoms with Crippen molar-refractivity contribution in [3.63, 3.8) is 0 Å². The first-order chi connectivity index (χ1) is 17.4. The molecule has 0 aliphatic carbocycles. The average molecular weight is 519 g/mol. The Morgan fingerprint density at radius 3 is 2.57 bits per heavy atom. The molecule has 5 N–H and O–H groups in total. The molecule has 1 aromatic carbocycles. The quantitative estimate of drug-likeness (QED) is 0.233. The number of methoxy groups -OCH3 is 1. The van der Waals surface area contributed by atoms with Gasteiger partial charge in [-0.1, -0.05) is 52.3 Å². The zero-order valence-corrected chi connectivity index (χ0v) is 23.3. The Morgan fingerprint density at radius 1 is 1.27 bits per heavy atom. The molecule has 37 heavy (non-hydrogen) atoms. The fourth-order valence-electron chi connectivity index (χ4n) is 5.13. The first-order valence-electron chi connectivity index (χ1n) is 13.3. The number of hydrogen-bond acceptors (Lipinski definition) is 7. The van der Waals surface area contributed by atoms with Crippen molar-refractivity contribution in [3.05, 3.63) is 29.8 Å². The normalized spacial score (nSPS) is 19.9. The summed E-state index contributed by atoms with van der Waals surface area (Å²) in [5, 5.41) is 16.8. The number of anilines is 1. The van der Waals surface area contributed by atoms with Crippen molar-refractivity contribution in [2.75, 3.05) is 25.6 Å². The number of aliphatic hydroxyl groups excluding tert-OH is 1. The first kappa shape index (κ1) is 30.7. The van der Waals surface area contributed by atoms with Gasteiger partial charge in [-0.3, -0.25) is 24.6 Å². The third kappa shape index (κ3) is 8.25. The van der Waals surface area contributed by atoms with Crippen molar-refractivity contribution in [1.29, 1.82) is 0 Å². The Hall–Kier alpha value is -2.49. The van der Waals surface area contributed by atoms with E-state index in [-0.39, 0.29) is 36.5 Å². The smallest absolute Gasteiger partial charge is 0.312 e. The zero-order chi connectivity index (χ0) is 27.8. The lowest BCUT2D eigenvalue weighted by molar-refractivity contribution is -0.146. The van der Waals surface area contributed by atoms with Crippen LogP contribution in [0.25, 0.3) is 0 Å². The van der Waals surface area contributed by atoms with Crippen molar-refractivity contribution in [3.8, 4) is 0 Å². The molecule has 2 unspecified atom stereocenters. The number of nitrogens with two attached hydrogens (primary N) is 1. The SMILES string of the molecule is CCCCNC(=O)[C@H](C)C[C@H](O)[C@@H](N)CC(C)(C)CC(=O)N1c2ccccc2CC(C(=O)OC)C1NC. The van der Waals surface area contributed by atoms with Gasteiger partial charge in [0.05, 0.1) is 19.1 Å². The van der Waals surface area contributed by atoms with Gasteiger partial charge in [-0.25, -0.2) is 0 Å². The van der Waals surface area contributed by atoms with Gasteiger partial charge in [0.15, 0.2) is 0 Å². The fourth-order valence-corrected chi connectivity index (χ4v) is 5.13. The summed E-state index contributed by atoms with van der Waals surface area (Å²) in [6.45, 7) is 8.36. The number of amides is 2. The molecule has 0 fully saturated rings. The van der Waals surface area contributed by atoms with E-state index < -0.39 is 29.6 Å². The average Bonchev–Trinajstić information content (AvgIpc) is 2.86. The van der Waals surface area contributed by atoms with Crippen molar-refractivity contribution in [2.45, 2.75) is 84.5 Å². The monoisotopic (exact) mass is 518 g/mol. The van der Waals surface area contributed by atoms with E-state index in [1.54, 1.807) is 18.9 Å². The second-order valence-corrected chi connectivity index (χ2v) is 11.0. The summed E-state index contributed by atoms with van der Waals surface area (Å²) >= 11 is 0. The third-order valence-corrected chi connectivity index (χ3v) is 7.20. The minimum atomic E-state index is -0.870. The number of aliphatic hydroxyl groups is 1. The van der Waals surface area contributed by atoms with Gasteiger partial charge >= 0.3 is 5.97 Å². The van der Waals surface area contributed by atoms with Gasteiger partial charge in [-0.15, -0.1) is 0 Å². The van der Waals surface area contributed by atoms with Crippen LogP contribution in [0.5, 0.6) is 0 Å². The molecule has 0 aromatic heterocycles. The maximum atomic E-state index is 13.7. The maximum Gasteiger partial charge on any atom is 0.312 e. The molecule has 0 bridgehead atoms. The molecule has 208 valence electrons. The van der Waals surface area contributed by atoms with Crippen LogP contribution in [0, 0.1) is 17.3 Å². The fraction of sp³-hybridized carbons (Fsp3) is 0.679. The highest BCUT2D eigenvalue weighted by Gasteiger charge is 2.42. The van der Waals surface area contributed by atoms with Crippen LogP contribution in [-0.2, 0) is 25.5 Å². The van der Waals surface area contributed by atoms with Crippen LogP contribution in [0.2, 0.25) is 0 Å². The number of esters is 1. The molecular weight excluding hydrogens is 472 g/mol. The number of rotatable bonds is 13. The molecule has 0 saturated heterocycles. The number of carbonyl (C=O) groups is 3. The Bertz CT molecular complexity index is 922. The predicted molar refractivity (Wildman–Crippen MR) is 145 cm³/mol. The Labute approximate surface area is 221 Å². The summed E-state index contributed by atoms with van der Waals surface area (Å²) in [5.41, 5.74) is 7.51. The number of nitrogens with one attached hydrogen (secondary N) is 2. The number of para-hydroxylation sites is 1. The highest BCUT2D eigenvalue weighted by Crippen LogP contribution is 2.36. The predicted octanol–water partition coefficient (Wildman–Crippen LogP) is 2.35. The molecule has 1 aliphatic rings.